The molecule has 12 heavy (non-hydrogen) atoms. The summed E-state index contributed by atoms with van der Waals surface area (Å²) >= 11 is 0. The van der Waals surface area contributed by atoms with E-state index in [0.717, 1.165) is 26.1 Å². The highest BCUT2D eigenvalue weighted by Crippen LogP contribution is 1.87. The molecule has 3 heteroatoms. The van der Waals surface area contributed by atoms with Gasteiger partial charge in [0.05, 0.1) is 6.10 Å². The lowest BCUT2D eigenvalue weighted by Gasteiger charge is -2.18. The van der Waals surface area contributed by atoms with Crippen LogP contribution < -0.4 is 5.32 Å². The number of nitrogens with zero attached hydrogens (tertiary/aromatic N) is 1. The minimum atomic E-state index is -0.235. The van der Waals surface area contributed by atoms with E-state index in [0.29, 0.717) is 6.54 Å². The summed E-state index contributed by atoms with van der Waals surface area (Å²) in [6.07, 6.45) is 0.887. The van der Waals surface area contributed by atoms with Gasteiger partial charge in [-0.2, -0.15) is 0 Å². The third kappa shape index (κ3) is 6.58. The van der Waals surface area contributed by atoms with Gasteiger partial charge in [-0.25, -0.2) is 0 Å². The van der Waals surface area contributed by atoms with Crippen molar-refractivity contribution in [3.63, 3.8) is 0 Å². The zero-order valence-electron chi connectivity index (χ0n) is 8.51. The fourth-order valence-electron chi connectivity index (χ4n) is 0.999. The van der Waals surface area contributed by atoms with Crippen LogP contribution in [0.5, 0.6) is 0 Å². The second-order valence-corrected chi connectivity index (χ2v) is 3.21. The van der Waals surface area contributed by atoms with Gasteiger partial charge in [-0.05, 0) is 26.6 Å². The molecular weight excluding hydrogens is 152 g/mol. The van der Waals surface area contributed by atoms with Gasteiger partial charge in [-0.1, -0.05) is 13.8 Å². The van der Waals surface area contributed by atoms with Crippen molar-refractivity contribution in [2.45, 2.75) is 26.4 Å². The lowest BCUT2D eigenvalue weighted by molar-refractivity contribution is 0.127. The largest absolute Gasteiger partial charge is 0.390 e. The number of hydrogen-bond donors (Lipinski definition) is 2. The Kier molecular flexibility index (Phi) is 7.45. The molecule has 0 aromatic heterocycles. The predicted molar refractivity (Wildman–Crippen MR) is 52.3 cm³/mol. The Balaban J connectivity index is 3.26. The molecule has 0 heterocycles. The molecule has 0 saturated heterocycles. The monoisotopic (exact) mass is 174 g/mol. The van der Waals surface area contributed by atoms with Crippen LogP contribution in [-0.2, 0) is 0 Å². The molecule has 0 aromatic carbocycles. The van der Waals surface area contributed by atoms with Gasteiger partial charge in [-0.15, -0.1) is 0 Å². The van der Waals surface area contributed by atoms with Crippen molar-refractivity contribution in [1.82, 2.24) is 10.2 Å². The van der Waals surface area contributed by atoms with Crippen molar-refractivity contribution in [3.05, 3.63) is 0 Å². The smallest absolute Gasteiger partial charge is 0.0791 e. The van der Waals surface area contributed by atoms with E-state index in [1.165, 1.54) is 0 Å². The SMILES string of the molecule is CCCNCC(O)CN(C)CC. The second-order valence-electron chi connectivity index (χ2n) is 3.21. The van der Waals surface area contributed by atoms with Crippen LogP contribution in [0.2, 0.25) is 0 Å². The Morgan fingerprint density at radius 3 is 2.58 bits per heavy atom. The maximum absolute atomic E-state index is 9.47. The van der Waals surface area contributed by atoms with Gasteiger partial charge in [0.25, 0.3) is 0 Å². The van der Waals surface area contributed by atoms with Gasteiger partial charge in [0.2, 0.25) is 0 Å². The van der Waals surface area contributed by atoms with Crippen LogP contribution in [0.1, 0.15) is 20.3 Å². The highest BCUT2D eigenvalue weighted by atomic mass is 16.3. The summed E-state index contributed by atoms with van der Waals surface area (Å²) < 4.78 is 0. The first kappa shape index (κ1) is 11.9. The lowest BCUT2D eigenvalue weighted by Crippen LogP contribution is -2.36. The molecule has 0 aliphatic carbocycles. The maximum Gasteiger partial charge on any atom is 0.0791 e. The Morgan fingerprint density at radius 2 is 2.08 bits per heavy atom. The summed E-state index contributed by atoms with van der Waals surface area (Å²) in [7, 11) is 2.02. The van der Waals surface area contributed by atoms with Crippen LogP contribution in [0.25, 0.3) is 0 Å². The Labute approximate surface area is 75.8 Å². The maximum atomic E-state index is 9.47. The first-order chi connectivity index (χ1) is 5.70. The molecule has 1 unspecified atom stereocenters. The Morgan fingerprint density at radius 1 is 1.42 bits per heavy atom. The van der Waals surface area contributed by atoms with E-state index >= 15 is 0 Å². The van der Waals surface area contributed by atoms with Gasteiger partial charge >= 0.3 is 0 Å². The number of nitrogens with one attached hydrogen (secondary N) is 1. The molecule has 0 amide bonds. The van der Waals surface area contributed by atoms with Crippen molar-refractivity contribution < 1.29 is 5.11 Å². The highest BCUT2D eigenvalue weighted by molar-refractivity contribution is 4.62. The van der Waals surface area contributed by atoms with Crippen molar-refractivity contribution in [2.24, 2.45) is 0 Å². The van der Waals surface area contributed by atoms with Gasteiger partial charge < -0.3 is 15.3 Å². The summed E-state index contributed by atoms with van der Waals surface area (Å²) in [4.78, 5) is 2.11. The van der Waals surface area contributed by atoms with E-state index < -0.39 is 0 Å². The number of aliphatic hydroxyl groups excluding tert-OH is 1. The first-order valence-corrected chi connectivity index (χ1v) is 4.78. The molecule has 0 saturated carbocycles. The first-order valence-electron chi connectivity index (χ1n) is 4.78. The predicted octanol–water partition coefficient (Wildman–Crippen LogP) is 0.299. The number of aliphatic hydroxyl groups is 1. The zero-order chi connectivity index (χ0) is 9.40. The lowest BCUT2D eigenvalue weighted by atomic mass is 10.3. The molecule has 0 radical (unpaired) electrons. The van der Waals surface area contributed by atoms with E-state index in [9.17, 15) is 5.11 Å². The quantitative estimate of drug-likeness (QED) is 0.545. The van der Waals surface area contributed by atoms with Crippen molar-refractivity contribution in [1.29, 1.82) is 0 Å². The highest BCUT2D eigenvalue weighted by Gasteiger charge is 2.04. The summed E-state index contributed by atoms with van der Waals surface area (Å²) in [6, 6.07) is 0. The molecule has 3 nitrogen and oxygen atoms in total. The Bertz CT molecular complexity index is 98.5. The summed E-state index contributed by atoms with van der Waals surface area (Å²) in [5, 5.41) is 12.7. The van der Waals surface area contributed by atoms with Crippen LogP contribution in [0.15, 0.2) is 0 Å². The molecule has 0 spiro atoms. The summed E-state index contributed by atoms with van der Waals surface area (Å²) in [6.45, 7) is 7.66. The van der Waals surface area contributed by atoms with Gasteiger partial charge in [-0.3, -0.25) is 0 Å². The molecule has 2 N–H and O–H groups in total. The van der Waals surface area contributed by atoms with E-state index in [1.54, 1.807) is 0 Å². The topological polar surface area (TPSA) is 35.5 Å². The standard InChI is InChI=1S/C9H22N2O/c1-4-6-10-7-9(12)8-11(3)5-2/h9-10,12H,4-8H2,1-3H3. The van der Waals surface area contributed by atoms with Crippen LogP contribution in [0, 0.1) is 0 Å². The minimum absolute atomic E-state index is 0.235. The van der Waals surface area contributed by atoms with E-state index in [2.05, 4.69) is 24.1 Å². The van der Waals surface area contributed by atoms with Gasteiger partial charge in [0.1, 0.15) is 0 Å². The molecule has 0 aliphatic rings. The van der Waals surface area contributed by atoms with E-state index in [4.69, 9.17) is 0 Å². The van der Waals surface area contributed by atoms with Gasteiger partial charge in [0, 0.05) is 13.1 Å². The normalized spacial score (nSPS) is 13.8. The van der Waals surface area contributed by atoms with Crippen LogP contribution >= 0.6 is 0 Å². The molecule has 74 valence electrons. The molecular formula is C9H22N2O. The average molecular weight is 174 g/mol. The van der Waals surface area contributed by atoms with Crippen LogP contribution in [0.4, 0.5) is 0 Å². The minimum Gasteiger partial charge on any atom is -0.390 e. The van der Waals surface area contributed by atoms with Crippen molar-refractivity contribution >= 4 is 0 Å². The van der Waals surface area contributed by atoms with E-state index in [1.807, 2.05) is 7.05 Å². The third-order valence-electron chi connectivity index (χ3n) is 1.87. The molecule has 0 aliphatic heterocycles. The van der Waals surface area contributed by atoms with Crippen LogP contribution in [0.3, 0.4) is 0 Å². The molecule has 0 aromatic rings. The molecule has 0 rings (SSSR count). The molecule has 0 fully saturated rings. The van der Waals surface area contributed by atoms with Crippen molar-refractivity contribution in [2.75, 3.05) is 33.2 Å². The van der Waals surface area contributed by atoms with Crippen LogP contribution in [-0.4, -0.2) is 49.3 Å². The number of hydrogen-bond acceptors (Lipinski definition) is 3. The van der Waals surface area contributed by atoms with Gasteiger partial charge in [0.15, 0.2) is 0 Å². The fourth-order valence-corrected chi connectivity index (χ4v) is 0.999. The Hall–Kier alpha value is -0.120. The zero-order valence-corrected chi connectivity index (χ0v) is 8.51. The number of rotatable bonds is 7. The number of likely N-dealkylation sites (N-methyl/N-ethyl adjacent to an activating group) is 1. The summed E-state index contributed by atoms with van der Waals surface area (Å²) in [5.74, 6) is 0. The average Bonchev–Trinajstić information content (AvgIpc) is 2.05. The molecule has 1 atom stereocenters. The summed E-state index contributed by atoms with van der Waals surface area (Å²) in [5.41, 5.74) is 0. The third-order valence-corrected chi connectivity index (χ3v) is 1.87. The van der Waals surface area contributed by atoms with E-state index in [-0.39, 0.29) is 6.10 Å². The second kappa shape index (κ2) is 7.53. The van der Waals surface area contributed by atoms with Crippen molar-refractivity contribution in [3.8, 4) is 0 Å². The fraction of sp³-hybridized carbons (Fsp3) is 1.00. The molecule has 0 bridgehead atoms.